The molecule has 8 rings (SSSR count). The van der Waals surface area contributed by atoms with Crippen LogP contribution in [0.15, 0.2) is 83.8 Å². The number of carboxylic acids is 1. The van der Waals surface area contributed by atoms with E-state index in [0.717, 1.165) is 85.7 Å². The van der Waals surface area contributed by atoms with Gasteiger partial charge in [-0.1, -0.05) is 53.9 Å². The molecule has 322 valence electrons. The van der Waals surface area contributed by atoms with Crippen molar-refractivity contribution in [1.82, 2.24) is 34.6 Å². The van der Waals surface area contributed by atoms with Gasteiger partial charge < -0.3 is 24.2 Å². The van der Waals surface area contributed by atoms with Crippen LogP contribution in [0.4, 0.5) is 4.39 Å². The third-order valence-corrected chi connectivity index (χ3v) is 13.0. The first-order valence-corrected chi connectivity index (χ1v) is 22.1. The van der Waals surface area contributed by atoms with Crippen LogP contribution in [0.1, 0.15) is 53.6 Å². The first kappa shape index (κ1) is 43.4. The number of likely N-dealkylation sites (N-methyl/N-ethyl adjacent to an activating group) is 1. The zero-order chi connectivity index (χ0) is 43.0. The highest BCUT2D eigenvalue weighted by Crippen LogP contribution is 2.42. The number of terminal acetylenes is 1. The van der Waals surface area contributed by atoms with E-state index >= 15 is 0 Å². The molecule has 15 heteroatoms. The number of thiophene rings is 1. The molecule has 5 aromatic rings. The number of halogens is 2. The van der Waals surface area contributed by atoms with Gasteiger partial charge in [0, 0.05) is 76.5 Å². The predicted molar refractivity (Wildman–Crippen MR) is 238 cm³/mol. The number of ether oxygens (including phenoxy) is 3. The molecular formula is C47H49ClFN7O5S. The van der Waals surface area contributed by atoms with Crippen LogP contribution < -0.4 is 9.47 Å². The molecule has 0 aliphatic carbocycles. The van der Waals surface area contributed by atoms with E-state index in [-0.39, 0.29) is 30.8 Å². The van der Waals surface area contributed by atoms with Gasteiger partial charge in [-0.3, -0.25) is 9.80 Å². The van der Waals surface area contributed by atoms with E-state index in [9.17, 15) is 14.3 Å². The van der Waals surface area contributed by atoms with Crippen LogP contribution in [0.5, 0.6) is 11.6 Å². The summed E-state index contributed by atoms with van der Waals surface area (Å²) in [5.74, 6) is 2.41. The average molecular weight is 878 g/mol. The van der Waals surface area contributed by atoms with Gasteiger partial charge in [-0.15, -0.1) is 17.8 Å². The summed E-state index contributed by atoms with van der Waals surface area (Å²) in [6, 6.07) is 13.9. The van der Waals surface area contributed by atoms with Crippen LogP contribution in [-0.4, -0.2) is 111 Å². The standard InChI is InChI=1S/C47H49ClFN7O5S/c1-3-38(48)33-7-6-8-37-42-45(51-30-52-46(42)62-43(37)32-11-13-35(49)14-12-32)61-41(47(57)58)26-34-25-31(27-56(28-33)23-22-55-20-18-54(2)19-21-55)10-15-39(34)60-29-36-16-17-50-44(53-36)40-9-4-5-24-59-40/h1,6-7,10-17,25,30,40-41H,4-5,8-9,18-24,26-29H2,2H3,(H,57,58)/b7-6-,38-33-/t40-,41+/m0/s1. The van der Waals surface area contributed by atoms with Gasteiger partial charge in [0.15, 0.2) is 5.82 Å². The minimum atomic E-state index is -1.34. The van der Waals surface area contributed by atoms with E-state index in [1.54, 1.807) is 18.3 Å². The van der Waals surface area contributed by atoms with Crippen molar-refractivity contribution in [3.63, 3.8) is 0 Å². The van der Waals surface area contributed by atoms with Crippen molar-refractivity contribution in [3.05, 3.63) is 118 Å². The molecule has 2 bridgehead atoms. The molecule has 62 heavy (non-hydrogen) atoms. The van der Waals surface area contributed by atoms with Gasteiger partial charge in [-0.05, 0) is 84.8 Å². The van der Waals surface area contributed by atoms with E-state index in [1.807, 2.05) is 36.4 Å². The summed E-state index contributed by atoms with van der Waals surface area (Å²) < 4.78 is 33.0. The fourth-order valence-corrected chi connectivity index (χ4v) is 9.34. The largest absolute Gasteiger partial charge is 0.487 e. The number of aromatic nitrogens is 4. The van der Waals surface area contributed by atoms with Gasteiger partial charge in [-0.2, -0.15) is 0 Å². The van der Waals surface area contributed by atoms with Crippen molar-refractivity contribution in [1.29, 1.82) is 0 Å². The fraction of sp³-hybridized carbons (Fsp3) is 0.383. The number of piperazine rings is 1. The third kappa shape index (κ3) is 10.7. The second kappa shape index (κ2) is 20.3. The van der Waals surface area contributed by atoms with Crippen LogP contribution in [0.2, 0.25) is 0 Å². The maximum atomic E-state index is 14.1. The van der Waals surface area contributed by atoms with Gasteiger partial charge in [0.25, 0.3) is 0 Å². The Morgan fingerprint density at radius 2 is 1.87 bits per heavy atom. The Morgan fingerprint density at radius 1 is 1.05 bits per heavy atom. The number of fused-ring (bicyclic) bond motifs is 2. The summed E-state index contributed by atoms with van der Waals surface area (Å²) in [6.45, 7) is 7.34. The smallest absolute Gasteiger partial charge is 0.345 e. The van der Waals surface area contributed by atoms with E-state index < -0.39 is 12.1 Å². The molecule has 0 spiro atoms. The van der Waals surface area contributed by atoms with Crippen molar-refractivity contribution in [2.24, 2.45) is 0 Å². The molecule has 6 heterocycles. The van der Waals surface area contributed by atoms with E-state index in [1.165, 1.54) is 29.8 Å². The highest BCUT2D eigenvalue weighted by Gasteiger charge is 2.28. The quantitative estimate of drug-likeness (QED) is 0.148. The summed E-state index contributed by atoms with van der Waals surface area (Å²) in [5.41, 5.74) is 4.64. The monoisotopic (exact) mass is 877 g/mol. The Balaban J connectivity index is 1.19. The average Bonchev–Trinajstić information content (AvgIpc) is 3.67. The Bertz CT molecular complexity index is 2480. The van der Waals surface area contributed by atoms with Crippen LogP contribution in [0.3, 0.4) is 0 Å². The molecule has 2 aromatic carbocycles. The lowest BCUT2D eigenvalue weighted by Gasteiger charge is -2.34. The summed E-state index contributed by atoms with van der Waals surface area (Å²) in [5, 5.41) is 11.6. The minimum Gasteiger partial charge on any atom is -0.487 e. The first-order chi connectivity index (χ1) is 30.2. The minimum absolute atomic E-state index is 0.0332. The van der Waals surface area contributed by atoms with Gasteiger partial charge in [-0.25, -0.2) is 29.1 Å². The highest BCUT2D eigenvalue weighted by molar-refractivity contribution is 7.22. The van der Waals surface area contributed by atoms with Crippen molar-refractivity contribution >= 4 is 39.1 Å². The second-order valence-corrected chi connectivity index (χ2v) is 17.2. The molecular weight excluding hydrogens is 829 g/mol. The van der Waals surface area contributed by atoms with Gasteiger partial charge >= 0.3 is 5.97 Å². The Labute approximate surface area is 370 Å². The molecule has 2 fully saturated rings. The Kier molecular flexibility index (Phi) is 14.2. The van der Waals surface area contributed by atoms with E-state index in [0.29, 0.717) is 64.2 Å². The Hall–Kier alpha value is -5.27. The number of hydrogen-bond acceptors (Lipinski definition) is 12. The SMILES string of the molecule is C#C/C(Cl)=C1\C=C/Cc2c(-c3ccc(F)cc3)sc3ncnc(c23)O[C@@H](C(=O)O)Cc2cc(ccc2OCc2ccnc([C@@H]3CCCCO3)n2)CN(CCN2CCN(C)CC2)C1. The molecule has 12 nitrogen and oxygen atoms in total. The van der Waals surface area contributed by atoms with Crippen molar-refractivity contribution in [3.8, 4) is 34.4 Å². The number of carbonyl (C=O) groups is 1. The maximum Gasteiger partial charge on any atom is 0.345 e. The summed E-state index contributed by atoms with van der Waals surface area (Å²) in [4.78, 5) is 40.0. The van der Waals surface area contributed by atoms with E-state index in [4.69, 9.17) is 37.2 Å². The number of hydrogen-bond donors (Lipinski definition) is 1. The summed E-state index contributed by atoms with van der Waals surface area (Å²) in [7, 11) is 2.14. The molecule has 3 aliphatic rings. The zero-order valence-electron chi connectivity index (χ0n) is 34.6. The molecule has 1 N–H and O–H groups in total. The Morgan fingerprint density at radius 3 is 2.65 bits per heavy atom. The van der Waals surface area contributed by atoms with Crippen LogP contribution in [-0.2, 0) is 35.5 Å². The van der Waals surface area contributed by atoms with Gasteiger partial charge in [0.1, 0.15) is 35.4 Å². The van der Waals surface area contributed by atoms with Crippen LogP contribution in [0, 0.1) is 18.2 Å². The number of carboxylic acid groups (broad SMARTS) is 1. The second-order valence-electron chi connectivity index (χ2n) is 15.9. The number of aliphatic carboxylic acids is 1. The van der Waals surface area contributed by atoms with Crippen molar-refractivity contribution in [2.45, 2.75) is 57.5 Å². The molecule has 3 aliphatic heterocycles. The molecule has 0 unspecified atom stereocenters. The lowest BCUT2D eigenvalue weighted by molar-refractivity contribution is -0.145. The molecule has 2 atom stereocenters. The van der Waals surface area contributed by atoms with Gasteiger partial charge in [0.2, 0.25) is 12.0 Å². The van der Waals surface area contributed by atoms with E-state index in [2.05, 4.69) is 42.6 Å². The number of allylic oxidation sites excluding steroid dienone is 2. The van der Waals surface area contributed by atoms with Crippen LogP contribution in [0.25, 0.3) is 20.7 Å². The first-order valence-electron chi connectivity index (χ1n) is 21.0. The third-order valence-electron chi connectivity index (χ3n) is 11.5. The lowest BCUT2D eigenvalue weighted by Crippen LogP contribution is -2.47. The van der Waals surface area contributed by atoms with Gasteiger partial charge in [0.05, 0.1) is 16.1 Å². The topological polar surface area (TPSA) is 126 Å². The van der Waals surface area contributed by atoms with Crippen molar-refractivity contribution < 1.29 is 28.5 Å². The van der Waals surface area contributed by atoms with Crippen LogP contribution >= 0.6 is 22.9 Å². The normalized spacial score (nSPS) is 20.9. The summed E-state index contributed by atoms with van der Waals surface area (Å²) >= 11 is 8.22. The molecule has 0 radical (unpaired) electrons. The number of benzene rings is 2. The number of rotatable bonds is 9. The maximum absolute atomic E-state index is 14.1. The summed E-state index contributed by atoms with van der Waals surface area (Å²) in [6.07, 6.45) is 14.8. The highest BCUT2D eigenvalue weighted by atomic mass is 35.5. The molecule has 0 amide bonds. The van der Waals surface area contributed by atoms with Crippen molar-refractivity contribution in [2.75, 3.05) is 59.5 Å². The fourth-order valence-electron chi connectivity index (χ4n) is 8.04. The zero-order valence-corrected chi connectivity index (χ0v) is 36.2. The predicted octanol–water partition coefficient (Wildman–Crippen LogP) is 7.47. The number of nitrogens with zero attached hydrogens (tertiary/aromatic N) is 7. The molecule has 0 saturated carbocycles. The molecule has 3 aromatic heterocycles. The molecule has 2 saturated heterocycles. The lowest BCUT2D eigenvalue weighted by atomic mass is 10.0.